The van der Waals surface area contributed by atoms with Gasteiger partial charge in [-0.25, -0.2) is 0 Å². The molecule has 0 aromatic rings. The summed E-state index contributed by atoms with van der Waals surface area (Å²) >= 11 is 0. The fourth-order valence-corrected chi connectivity index (χ4v) is 4.62. The molecule has 0 heterocycles. The van der Waals surface area contributed by atoms with Crippen LogP contribution in [0, 0.1) is 29.6 Å². The summed E-state index contributed by atoms with van der Waals surface area (Å²) in [5.74, 6) is 5.38. The van der Waals surface area contributed by atoms with Crippen LogP contribution in [-0.2, 0) is 0 Å². The Balaban J connectivity index is 1.73. The Hall–Kier alpha value is -0.300. The molecule has 1 N–H and O–H groups in total. The standard InChI is InChI=1S/C14H23N/c1-8(2)6-11(15-3)14-12-9-4-5-10(7-9)13(12)14/h6,9-15H,4-5,7H2,1-3H3. The molecule has 15 heavy (non-hydrogen) atoms. The first-order chi connectivity index (χ1) is 7.22. The van der Waals surface area contributed by atoms with E-state index in [0.29, 0.717) is 6.04 Å². The zero-order valence-electron chi connectivity index (χ0n) is 10.2. The first-order valence-electron chi connectivity index (χ1n) is 6.54. The van der Waals surface area contributed by atoms with Crippen molar-refractivity contribution < 1.29 is 0 Å². The van der Waals surface area contributed by atoms with Crippen LogP contribution in [-0.4, -0.2) is 13.1 Å². The molecule has 3 aliphatic carbocycles. The third kappa shape index (κ3) is 1.39. The molecule has 0 aromatic carbocycles. The average molecular weight is 205 g/mol. The SMILES string of the molecule is CNC(C=C(C)C)C1C2C3CCC(C3)C21. The van der Waals surface area contributed by atoms with E-state index in [-0.39, 0.29) is 0 Å². The Kier molecular flexibility index (Phi) is 2.21. The number of allylic oxidation sites excluding steroid dienone is 1. The van der Waals surface area contributed by atoms with Crippen molar-refractivity contribution in [3.8, 4) is 0 Å². The zero-order valence-corrected chi connectivity index (χ0v) is 10.2. The lowest BCUT2D eigenvalue weighted by Crippen LogP contribution is -2.28. The summed E-state index contributed by atoms with van der Waals surface area (Å²) < 4.78 is 0. The summed E-state index contributed by atoms with van der Waals surface area (Å²) in [6, 6.07) is 0.661. The smallest absolute Gasteiger partial charge is 0.0283 e. The molecule has 3 saturated carbocycles. The van der Waals surface area contributed by atoms with E-state index in [0.717, 1.165) is 29.6 Å². The van der Waals surface area contributed by atoms with E-state index < -0.39 is 0 Å². The van der Waals surface area contributed by atoms with Crippen LogP contribution in [0.5, 0.6) is 0 Å². The molecule has 5 atom stereocenters. The van der Waals surface area contributed by atoms with Gasteiger partial charge in [0, 0.05) is 6.04 Å². The highest BCUT2D eigenvalue weighted by atomic mass is 14.9. The Labute approximate surface area is 93.3 Å². The van der Waals surface area contributed by atoms with E-state index in [9.17, 15) is 0 Å². The maximum Gasteiger partial charge on any atom is 0.0283 e. The maximum absolute atomic E-state index is 3.52. The van der Waals surface area contributed by atoms with Crippen molar-refractivity contribution in [2.24, 2.45) is 29.6 Å². The summed E-state index contributed by atoms with van der Waals surface area (Å²) in [6.45, 7) is 4.44. The van der Waals surface area contributed by atoms with Gasteiger partial charge in [0.15, 0.2) is 0 Å². The van der Waals surface area contributed by atoms with Gasteiger partial charge in [0.2, 0.25) is 0 Å². The largest absolute Gasteiger partial charge is 0.313 e. The van der Waals surface area contributed by atoms with Gasteiger partial charge in [-0.3, -0.25) is 0 Å². The Bertz CT molecular complexity index is 274. The molecule has 0 aromatic heterocycles. The molecule has 0 radical (unpaired) electrons. The number of fused-ring (bicyclic) bond motifs is 5. The Morgan fingerprint density at radius 1 is 1.20 bits per heavy atom. The molecule has 0 aliphatic heterocycles. The van der Waals surface area contributed by atoms with Crippen LogP contribution in [0.3, 0.4) is 0 Å². The highest BCUT2D eigenvalue weighted by Gasteiger charge is 2.66. The third-order valence-corrected chi connectivity index (χ3v) is 5.06. The minimum Gasteiger partial charge on any atom is -0.313 e. The summed E-state index contributed by atoms with van der Waals surface area (Å²) in [4.78, 5) is 0. The monoisotopic (exact) mass is 205 g/mol. The minimum atomic E-state index is 0.661. The van der Waals surface area contributed by atoms with E-state index in [2.05, 4.69) is 32.3 Å². The quantitative estimate of drug-likeness (QED) is 0.699. The van der Waals surface area contributed by atoms with Gasteiger partial charge in [-0.05, 0) is 69.7 Å². The van der Waals surface area contributed by atoms with Gasteiger partial charge < -0.3 is 5.32 Å². The third-order valence-electron chi connectivity index (χ3n) is 5.06. The van der Waals surface area contributed by atoms with E-state index in [1.807, 2.05) is 0 Å². The van der Waals surface area contributed by atoms with Gasteiger partial charge in [-0.15, -0.1) is 0 Å². The van der Waals surface area contributed by atoms with E-state index in [1.165, 1.54) is 18.4 Å². The second-order valence-corrected chi connectivity index (χ2v) is 6.12. The highest BCUT2D eigenvalue weighted by molar-refractivity contribution is 5.19. The summed E-state index contributed by atoms with van der Waals surface area (Å²) in [5.41, 5.74) is 1.46. The van der Waals surface area contributed by atoms with Crippen molar-refractivity contribution >= 4 is 0 Å². The van der Waals surface area contributed by atoms with Crippen LogP contribution in [0.15, 0.2) is 11.6 Å². The predicted octanol–water partition coefficient (Wildman–Crippen LogP) is 2.83. The fraction of sp³-hybridized carbons (Fsp3) is 0.857. The fourth-order valence-electron chi connectivity index (χ4n) is 4.62. The molecule has 3 rings (SSSR count). The highest BCUT2D eigenvalue weighted by Crippen LogP contribution is 2.70. The van der Waals surface area contributed by atoms with Crippen LogP contribution < -0.4 is 5.32 Å². The van der Waals surface area contributed by atoms with Crippen LogP contribution in [0.2, 0.25) is 0 Å². The van der Waals surface area contributed by atoms with Crippen LogP contribution >= 0.6 is 0 Å². The zero-order chi connectivity index (χ0) is 10.6. The second kappa shape index (κ2) is 3.35. The number of nitrogens with one attached hydrogen (secondary N) is 1. The van der Waals surface area contributed by atoms with Crippen molar-refractivity contribution in [1.29, 1.82) is 0 Å². The van der Waals surface area contributed by atoms with Crippen LogP contribution in [0.4, 0.5) is 0 Å². The van der Waals surface area contributed by atoms with Gasteiger partial charge >= 0.3 is 0 Å². The number of rotatable bonds is 3. The predicted molar refractivity (Wildman–Crippen MR) is 63.6 cm³/mol. The van der Waals surface area contributed by atoms with Crippen LogP contribution in [0.25, 0.3) is 0 Å². The molecule has 3 aliphatic rings. The number of hydrogen-bond donors (Lipinski definition) is 1. The van der Waals surface area contributed by atoms with Crippen molar-refractivity contribution in [3.63, 3.8) is 0 Å². The van der Waals surface area contributed by atoms with E-state index >= 15 is 0 Å². The Morgan fingerprint density at radius 2 is 1.80 bits per heavy atom. The van der Waals surface area contributed by atoms with Crippen molar-refractivity contribution in [2.45, 2.75) is 39.2 Å². The average Bonchev–Trinajstić information content (AvgIpc) is 2.64. The molecule has 84 valence electrons. The summed E-state index contributed by atoms with van der Waals surface area (Å²) in [6.07, 6.45) is 7.08. The van der Waals surface area contributed by atoms with Crippen molar-refractivity contribution in [1.82, 2.24) is 5.32 Å². The minimum absolute atomic E-state index is 0.661. The molecular weight excluding hydrogens is 182 g/mol. The lowest BCUT2D eigenvalue weighted by Gasteiger charge is -2.17. The molecule has 5 unspecified atom stereocenters. The van der Waals surface area contributed by atoms with Gasteiger partial charge in [0.1, 0.15) is 0 Å². The first kappa shape index (κ1) is 9.89. The van der Waals surface area contributed by atoms with E-state index in [1.54, 1.807) is 6.42 Å². The van der Waals surface area contributed by atoms with Crippen molar-refractivity contribution in [2.75, 3.05) is 7.05 Å². The second-order valence-electron chi connectivity index (χ2n) is 6.12. The van der Waals surface area contributed by atoms with Crippen LogP contribution in [0.1, 0.15) is 33.1 Å². The van der Waals surface area contributed by atoms with Gasteiger partial charge in [-0.2, -0.15) is 0 Å². The molecule has 0 saturated heterocycles. The molecule has 1 heteroatoms. The number of likely N-dealkylation sites (N-methyl/N-ethyl adjacent to an activating group) is 1. The van der Waals surface area contributed by atoms with Gasteiger partial charge in [0.25, 0.3) is 0 Å². The molecule has 1 nitrogen and oxygen atoms in total. The first-order valence-corrected chi connectivity index (χ1v) is 6.54. The van der Waals surface area contributed by atoms with Gasteiger partial charge in [-0.1, -0.05) is 11.6 Å². The van der Waals surface area contributed by atoms with E-state index in [4.69, 9.17) is 0 Å². The lowest BCUT2D eigenvalue weighted by molar-refractivity contribution is 0.414. The maximum atomic E-state index is 3.52. The lowest BCUT2D eigenvalue weighted by atomic mass is 9.96. The Morgan fingerprint density at radius 3 is 2.27 bits per heavy atom. The summed E-state index contributed by atoms with van der Waals surface area (Å²) in [7, 11) is 2.13. The topological polar surface area (TPSA) is 12.0 Å². The molecular formula is C14H23N. The van der Waals surface area contributed by atoms with Crippen molar-refractivity contribution in [3.05, 3.63) is 11.6 Å². The molecule has 0 spiro atoms. The molecule has 0 amide bonds. The summed E-state index contributed by atoms with van der Waals surface area (Å²) in [5, 5.41) is 3.52. The molecule has 2 bridgehead atoms. The van der Waals surface area contributed by atoms with Gasteiger partial charge in [0.05, 0.1) is 0 Å². The molecule has 3 fully saturated rings. The normalized spacial score (nSPS) is 47.5. The number of hydrogen-bond acceptors (Lipinski definition) is 1.